The SMILES string of the molecule is COC(=O)N(CO)[C@@H]1C[C@H](C(C)C)CC(C)=C1C. The van der Waals surface area contributed by atoms with Gasteiger partial charge >= 0.3 is 6.09 Å². The van der Waals surface area contributed by atoms with Crippen LogP contribution in [0.5, 0.6) is 0 Å². The molecule has 1 N–H and O–H groups in total. The molecule has 0 aromatic heterocycles. The summed E-state index contributed by atoms with van der Waals surface area (Å²) in [4.78, 5) is 13.1. The summed E-state index contributed by atoms with van der Waals surface area (Å²) in [6.07, 6.45) is 1.52. The maximum atomic E-state index is 11.7. The van der Waals surface area contributed by atoms with Crippen molar-refractivity contribution in [2.45, 2.75) is 46.6 Å². The molecule has 0 radical (unpaired) electrons. The van der Waals surface area contributed by atoms with E-state index in [1.165, 1.54) is 23.2 Å². The Kier molecular flexibility index (Phi) is 5.20. The van der Waals surface area contributed by atoms with E-state index < -0.39 is 6.09 Å². The molecule has 0 aromatic rings. The molecule has 0 aliphatic heterocycles. The van der Waals surface area contributed by atoms with E-state index >= 15 is 0 Å². The smallest absolute Gasteiger partial charge is 0.411 e. The zero-order chi connectivity index (χ0) is 13.9. The van der Waals surface area contributed by atoms with Crippen LogP contribution >= 0.6 is 0 Å². The van der Waals surface area contributed by atoms with Crippen LogP contribution in [-0.2, 0) is 4.74 Å². The highest BCUT2D eigenvalue weighted by molar-refractivity contribution is 5.68. The van der Waals surface area contributed by atoms with E-state index in [-0.39, 0.29) is 12.8 Å². The van der Waals surface area contributed by atoms with Gasteiger partial charge in [0.1, 0.15) is 6.73 Å². The Bertz CT molecular complexity index is 336. The average molecular weight is 255 g/mol. The van der Waals surface area contributed by atoms with Gasteiger partial charge in [0.15, 0.2) is 0 Å². The van der Waals surface area contributed by atoms with E-state index in [1.54, 1.807) is 0 Å². The lowest BCUT2D eigenvalue weighted by Crippen LogP contribution is -2.45. The number of carbonyl (C=O) groups is 1. The van der Waals surface area contributed by atoms with Crippen LogP contribution in [0.1, 0.15) is 40.5 Å². The number of hydrogen-bond acceptors (Lipinski definition) is 3. The number of allylic oxidation sites excluding steroid dienone is 1. The van der Waals surface area contributed by atoms with Gasteiger partial charge < -0.3 is 9.84 Å². The van der Waals surface area contributed by atoms with Gasteiger partial charge in [0.2, 0.25) is 0 Å². The number of aliphatic hydroxyl groups is 1. The first-order valence-electron chi connectivity index (χ1n) is 6.54. The van der Waals surface area contributed by atoms with Crippen LogP contribution in [0.15, 0.2) is 11.1 Å². The normalized spacial score (nSPS) is 24.4. The molecule has 0 unspecified atom stereocenters. The first-order valence-corrected chi connectivity index (χ1v) is 6.54. The zero-order valence-electron chi connectivity index (χ0n) is 12.1. The Morgan fingerprint density at radius 1 is 1.50 bits per heavy atom. The van der Waals surface area contributed by atoms with E-state index in [1.807, 2.05) is 6.92 Å². The van der Waals surface area contributed by atoms with Gasteiger partial charge in [-0.15, -0.1) is 0 Å². The van der Waals surface area contributed by atoms with Crippen LogP contribution in [-0.4, -0.2) is 36.0 Å². The van der Waals surface area contributed by atoms with Crippen molar-refractivity contribution < 1.29 is 14.6 Å². The summed E-state index contributed by atoms with van der Waals surface area (Å²) in [5, 5.41) is 9.41. The summed E-state index contributed by atoms with van der Waals surface area (Å²) in [5.41, 5.74) is 2.51. The van der Waals surface area contributed by atoms with Gasteiger partial charge in [0.05, 0.1) is 13.2 Å². The standard InChI is InChI=1S/C14H25NO3/c1-9(2)12-6-10(3)11(4)13(7-12)15(8-16)14(17)18-5/h9,12-13,16H,6-8H2,1-5H3/t12-,13-/m1/s1. The molecule has 2 atom stereocenters. The van der Waals surface area contributed by atoms with Gasteiger partial charge in [-0.05, 0) is 38.5 Å². The molecule has 0 bridgehead atoms. The van der Waals surface area contributed by atoms with Crippen molar-refractivity contribution in [3.05, 3.63) is 11.1 Å². The van der Waals surface area contributed by atoms with E-state index in [0.29, 0.717) is 11.8 Å². The minimum absolute atomic E-state index is 0.0383. The van der Waals surface area contributed by atoms with Crippen molar-refractivity contribution in [2.75, 3.05) is 13.8 Å². The fourth-order valence-corrected chi connectivity index (χ4v) is 2.66. The lowest BCUT2D eigenvalue weighted by Gasteiger charge is -2.38. The largest absolute Gasteiger partial charge is 0.453 e. The van der Waals surface area contributed by atoms with Gasteiger partial charge in [-0.3, -0.25) is 4.90 Å². The number of rotatable bonds is 3. The Hall–Kier alpha value is -1.03. The number of carbonyl (C=O) groups excluding carboxylic acids is 1. The van der Waals surface area contributed by atoms with Crippen molar-refractivity contribution in [3.8, 4) is 0 Å². The Morgan fingerprint density at radius 3 is 2.56 bits per heavy atom. The first kappa shape index (κ1) is 15.0. The second-order valence-corrected chi connectivity index (χ2v) is 5.50. The molecular formula is C14H25NO3. The van der Waals surface area contributed by atoms with Gasteiger partial charge in [-0.2, -0.15) is 0 Å². The summed E-state index contributed by atoms with van der Waals surface area (Å²) >= 11 is 0. The monoisotopic (exact) mass is 255 g/mol. The number of hydrogen-bond donors (Lipinski definition) is 1. The predicted molar refractivity (Wildman–Crippen MR) is 71.1 cm³/mol. The van der Waals surface area contributed by atoms with Gasteiger partial charge in [0, 0.05) is 0 Å². The second-order valence-electron chi connectivity index (χ2n) is 5.50. The molecule has 0 fully saturated rings. The topological polar surface area (TPSA) is 49.8 Å². The summed E-state index contributed by atoms with van der Waals surface area (Å²) in [5.74, 6) is 1.13. The summed E-state index contributed by atoms with van der Waals surface area (Å²) in [7, 11) is 1.35. The van der Waals surface area contributed by atoms with E-state index in [4.69, 9.17) is 4.74 Å². The number of aliphatic hydroxyl groups excluding tert-OH is 1. The van der Waals surface area contributed by atoms with Gasteiger partial charge in [0.25, 0.3) is 0 Å². The number of nitrogens with zero attached hydrogens (tertiary/aromatic N) is 1. The first-order chi connectivity index (χ1) is 8.42. The van der Waals surface area contributed by atoms with Crippen LogP contribution < -0.4 is 0 Å². The van der Waals surface area contributed by atoms with E-state index in [2.05, 4.69) is 20.8 Å². The van der Waals surface area contributed by atoms with Crippen molar-refractivity contribution in [1.82, 2.24) is 4.90 Å². The van der Waals surface area contributed by atoms with Crippen LogP contribution in [0.3, 0.4) is 0 Å². The lowest BCUT2D eigenvalue weighted by atomic mass is 9.76. The molecular weight excluding hydrogens is 230 g/mol. The van der Waals surface area contributed by atoms with Crippen molar-refractivity contribution >= 4 is 6.09 Å². The third kappa shape index (κ3) is 3.05. The van der Waals surface area contributed by atoms with Crippen LogP contribution in [0, 0.1) is 11.8 Å². The number of ether oxygens (including phenoxy) is 1. The summed E-state index contributed by atoms with van der Waals surface area (Å²) in [6, 6.07) is -0.0383. The molecule has 0 saturated heterocycles. The number of amides is 1. The second kappa shape index (κ2) is 6.23. The van der Waals surface area contributed by atoms with Crippen molar-refractivity contribution in [3.63, 3.8) is 0 Å². The highest BCUT2D eigenvalue weighted by atomic mass is 16.5. The average Bonchev–Trinajstić information content (AvgIpc) is 2.34. The maximum absolute atomic E-state index is 11.7. The Balaban J connectivity index is 2.97. The highest BCUT2D eigenvalue weighted by Crippen LogP contribution is 2.36. The van der Waals surface area contributed by atoms with Crippen LogP contribution in [0.2, 0.25) is 0 Å². The molecule has 0 aromatic carbocycles. The molecule has 0 spiro atoms. The van der Waals surface area contributed by atoms with E-state index in [0.717, 1.165) is 12.8 Å². The highest BCUT2D eigenvalue weighted by Gasteiger charge is 2.33. The van der Waals surface area contributed by atoms with Crippen LogP contribution in [0.25, 0.3) is 0 Å². The molecule has 4 heteroatoms. The summed E-state index contributed by atoms with van der Waals surface area (Å²) in [6.45, 7) is 8.27. The molecule has 18 heavy (non-hydrogen) atoms. The molecule has 4 nitrogen and oxygen atoms in total. The molecule has 104 valence electrons. The quantitative estimate of drug-likeness (QED) is 0.623. The van der Waals surface area contributed by atoms with Crippen molar-refractivity contribution in [1.29, 1.82) is 0 Å². The predicted octanol–water partition coefficient (Wildman–Crippen LogP) is 2.78. The maximum Gasteiger partial charge on any atom is 0.411 e. The molecule has 0 saturated carbocycles. The van der Waals surface area contributed by atoms with Crippen LogP contribution in [0.4, 0.5) is 4.79 Å². The Labute approximate surface area is 110 Å². The molecule has 0 heterocycles. The molecule has 1 amide bonds. The third-order valence-electron chi connectivity index (χ3n) is 4.15. The summed E-state index contributed by atoms with van der Waals surface area (Å²) < 4.78 is 4.74. The zero-order valence-corrected chi connectivity index (χ0v) is 12.1. The van der Waals surface area contributed by atoms with Gasteiger partial charge in [-0.1, -0.05) is 25.0 Å². The Morgan fingerprint density at radius 2 is 2.11 bits per heavy atom. The molecule has 1 aliphatic carbocycles. The van der Waals surface area contributed by atoms with E-state index in [9.17, 15) is 9.90 Å². The lowest BCUT2D eigenvalue weighted by molar-refractivity contribution is 0.0483. The minimum atomic E-state index is -0.459. The fraction of sp³-hybridized carbons (Fsp3) is 0.786. The third-order valence-corrected chi connectivity index (χ3v) is 4.15. The fourth-order valence-electron chi connectivity index (χ4n) is 2.66. The van der Waals surface area contributed by atoms with Crippen molar-refractivity contribution in [2.24, 2.45) is 11.8 Å². The molecule has 1 aliphatic rings. The number of methoxy groups -OCH3 is 1. The molecule has 1 rings (SSSR count). The minimum Gasteiger partial charge on any atom is -0.453 e. The van der Waals surface area contributed by atoms with Gasteiger partial charge in [-0.25, -0.2) is 4.79 Å².